The summed E-state index contributed by atoms with van der Waals surface area (Å²) >= 11 is 0. The predicted octanol–water partition coefficient (Wildman–Crippen LogP) is 0.387. The highest BCUT2D eigenvalue weighted by Crippen LogP contribution is 2.11. The zero-order valence-electron chi connectivity index (χ0n) is 10.8. The fourth-order valence-corrected chi connectivity index (χ4v) is 2.24. The number of aryl methyl sites for hydroxylation is 2. The normalized spacial score (nSPS) is 12.4. The predicted molar refractivity (Wildman–Crippen MR) is 74.4 cm³/mol. The van der Waals surface area contributed by atoms with E-state index >= 15 is 0 Å². The van der Waals surface area contributed by atoms with Crippen molar-refractivity contribution < 1.29 is 0 Å². The van der Waals surface area contributed by atoms with E-state index in [4.69, 9.17) is 0 Å². The molecule has 2 aliphatic rings. The lowest BCUT2D eigenvalue weighted by Crippen LogP contribution is -2.21. The van der Waals surface area contributed by atoms with Crippen molar-refractivity contribution >= 4 is 12.7 Å². The third-order valence-electron chi connectivity index (χ3n) is 3.13. The average Bonchev–Trinajstić information content (AvgIpc) is 2.80. The van der Waals surface area contributed by atoms with Crippen LogP contribution in [-0.2, 0) is 0 Å². The molecule has 0 unspecified atom stereocenters. The second-order valence-electron chi connectivity index (χ2n) is 4.67. The van der Waals surface area contributed by atoms with Gasteiger partial charge in [0.05, 0.1) is 5.22 Å². The van der Waals surface area contributed by atoms with Crippen molar-refractivity contribution in [3.8, 4) is 11.4 Å². The van der Waals surface area contributed by atoms with Gasteiger partial charge in [0, 0.05) is 23.1 Å². The number of H-pyrrole nitrogens is 3. The van der Waals surface area contributed by atoms with Crippen LogP contribution in [0.15, 0.2) is 17.1 Å². The van der Waals surface area contributed by atoms with E-state index in [0.717, 1.165) is 22.5 Å². The summed E-state index contributed by atoms with van der Waals surface area (Å²) in [4.78, 5) is 25.1. The lowest BCUT2D eigenvalue weighted by atomic mass is 10.2. The fourth-order valence-electron chi connectivity index (χ4n) is 2.24. The maximum absolute atomic E-state index is 12.0. The molecule has 5 nitrogen and oxygen atoms in total. The first-order chi connectivity index (χ1) is 9.04. The van der Waals surface area contributed by atoms with E-state index in [2.05, 4.69) is 26.5 Å². The summed E-state index contributed by atoms with van der Waals surface area (Å²) in [6, 6.07) is 2.05. The first kappa shape index (κ1) is 11.5. The monoisotopic (exact) mass is 254 g/mol. The van der Waals surface area contributed by atoms with E-state index in [0.29, 0.717) is 16.5 Å². The third-order valence-corrected chi connectivity index (χ3v) is 3.13. The van der Waals surface area contributed by atoms with Crippen LogP contribution in [0, 0.1) is 13.8 Å². The molecule has 1 aromatic rings. The van der Waals surface area contributed by atoms with Gasteiger partial charge < -0.3 is 15.0 Å². The number of aromatic nitrogens is 4. The summed E-state index contributed by atoms with van der Waals surface area (Å²) in [5, 5.41) is 0.601. The van der Waals surface area contributed by atoms with Gasteiger partial charge in [-0.15, -0.1) is 0 Å². The van der Waals surface area contributed by atoms with Crippen LogP contribution in [0.1, 0.15) is 17.0 Å². The number of nitrogens with zero attached hydrogens (tertiary/aromatic N) is 1. The Kier molecular flexibility index (Phi) is 2.41. The summed E-state index contributed by atoms with van der Waals surface area (Å²) in [7, 11) is 0. The molecule has 0 aliphatic carbocycles. The van der Waals surface area contributed by atoms with Gasteiger partial charge in [0.15, 0.2) is 0 Å². The molecule has 0 fully saturated rings. The molecule has 19 heavy (non-hydrogen) atoms. The second kappa shape index (κ2) is 3.98. The highest BCUT2D eigenvalue weighted by Gasteiger charge is 2.11. The molecule has 3 rings (SSSR count). The first-order valence-corrected chi connectivity index (χ1v) is 5.99. The number of hydrogen-bond donors (Lipinski definition) is 3. The van der Waals surface area contributed by atoms with E-state index in [9.17, 15) is 4.79 Å². The SMILES string of the molecule is C=c1nc2[nH]c(=O)c(=Cc3[nH]c(C)cc3C)c-2c[nH]1. The number of nitrogens with one attached hydrogen (secondary N) is 3. The van der Waals surface area contributed by atoms with Gasteiger partial charge in [-0.05, 0) is 31.6 Å². The van der Waals surface area contributed by atoms with Gasteiger partial charge in [-0.25, -0.2) is 4.98 Å². The van der Waals surface area contributed by atoms with E-state index < -0.39 is 0 Å². The molecule has 0 spiro atoms. The van der Waals surface area contributed by atoms with Crippen molar-refractivity contribution in [2.24, 2.45) is 0 Å². The largest absolute Gasteiger partial charge is 0.359 e. The molecule has 0 saturated carbocycles. The Balaban J connectivity index is 2.32. The van der Waals surface area contributed by atoms with Gasteiger partial charge >= 0.3 is 0 Å². The molecule has 3 heterocycles. The number of fused-ring (bicyclic) bond motifs is 1. The van der Waals surface area contributed by atoms with Crippen molar-refractivity contribution in [1.29, 1.82) is 0 Å². The molecule has 0 saturated heterocycles. The van der Waals surface area contributed by atoms with Crippen molar-refractivity contribution in [3.05, 3.63) is 50.3 Å². The molecular formula is C14H14N4O. The first-order valence-electron chi connectivity index (χ1n) is 5.99. The standard InChI is InChI=1S/C14H14N4O/c1-7-4-8(2)16-12(7)5-10-11-6-15-9(3)17-13(11)18-14(10)19/h4-6,15-16H,3H2,1-2H3,(H,17,18,19). The number of aromatic amines is 3. The van der Waals surface area contributed by atoms with E-state index in [-0.39, 0.29) is 5.56 Å². The maximum Gasteiger partial charge on any atom is 0.257 e. The topological polar surface area (TPSA) is 77.3 Å². The molecule has 5 heteroatoms. The number of hydrogen-bond acceptors (Lipinski definition) is 2. The van der Waals surface area contributed by atoms with E-state index in [1.807, 2.05) is 26.0 Å². The summed E-state index contributed by atoms with van der Waals surface area (Å²) < 4.78 is 0. The Morgan fingerprint density at radius 3 is 2.79 bits per heavy atom. The highest BCUT2D eigenvalue weighted by molar-refractivity contribution is 5.63. The highest BCUT2D eigenvalue weighted by atomic mass is 16.1. The number of rotatable bonds is 1. The van der Waals surface area contributed by atoms with Crippen LogP contribution in [-0.4, -0.2) is 19.9 Å². The summed E-state index contributed by atoms with van der Waals surface area (Å²) in [6.45, 7) is 7.70. The van der Waals surface area contributed by atoms with Crippen LogP contribution in [0.25, 0.3) is 24.0 Å². The van der Waals surface area contributed by atoms with Crippen molar-refractivity contribution in [2.45, 2.75) is 13.8 Å². The van der Waals surface area contributed by atoms with Crippen molar-refractivity contribution in [1.82, 2.24) is 19.9 Å². The van der Waals surface area contributed by atoms with Crippen LogP contribution in [0.5, 0.6) is 0 Å². The van der Waals surface area contributed by atoms with Gasteiger partial charge in [-0.2, -0.15) is 0 Å². The maximum atomic E-state index is 12.0. The minimum absolute atomic E-state index is 0.145. The van der Waals surface area contributed by atoms with Crippen molar-refractivity contribution in [2.75, 3.05) is 0 Å². The molecule has 0 atom stereocenters. The van der Waals surface area contributed by atoms with Crippen LogP contribution in [0.4, 0.5) is 0 Å². The average molecular weight is 254 g/mol. The van der Waals surface area contributed by atoms with E-state index in [1.54, 1.807) is 6.20 Å². The lowest BCUT2D eigenvalue weighted by molar-refractivity contribution is 1.07. The van der Waals surface area contributed by atoms with Crippen LogP contribution >= 0.6 is 0 Å². The second-order valence-corrected chi connectivity index (χ2v) is 4.67. The summed E-state index contributed by atoms with van der Waals surface area (Å²) in [5.41, 5.74) is 4.26. The van der Waals surface area contributed by atoms with Gasteiger partial charge in [0.25, 0.3) is 5.56 Å². The van der Waals surface area contributed by atoms with Gasteiger partial charge in [-0.3, -0.25) is 4.79 Å². The lowest BCUT2D eigenvalue weighted by Gasteiger charge is -1.95. The van der Waals surface area contributed by atoms with Crippen LogP contribution < -0.4 is 16.3 Å². The molecule has 1 aromatic heterocycles. The zero-order chi connectivity index (χ0) is 13.6. The molecule has 0 radical (unpaired) electrons. The van der Waals surface area contributed by atoms with Crippen molar-refractivity contribution in [3.63, 3.8) is 0 Å². The summed E-state index contributed by atoms with van der Waals surface area (Å²) in [5.74, 6) is 0.556. The quantitative estimate of drug-likeness (QED) is 0.587. The van der Waals surface area contributed by atoms with E-state index in [1.165, 1.54) is 0 Å². The van der Waals surface area contributed by atoms with Crippen LogP contribution in [0.2, 0.25) is 0 Å². The molecule has 2 aliphatic heterocycles. The Bertz CT molecular complexity index is 881. The Labute approximate surface area is 109 Å². The fraction of sp³-hybridized carbons (Fsp3) is 0.143. The van der Waals surface area contributed by atoms with Gasteiger partial charge in [0.2, 0.25) is 0 Å². The Morgan fingerprint density at radius 1 is 1.32 bits per heavy atom. The molecule has 0 amide bonds. The third kappa shape index (κ3) is 1.89. The molecular weight excluding hydrogens is 240 g/mol. The Morgan fingerprint density at radius 2 is 2.11 bits per heavy atom. The minimum Gasteiger partial charge on any atom is -0.359 e. The molecule has 96 valence electrons. The van der Waals surface area contributed by atoms with Crippen LogP contribution in [0.3, 0.4) is 0 Å². The smallest absolute Gasteiger partial charge is 0.257 e. The minimum atomic E-state index is -0.145. The Hall–Kier alpha value is -2.56. The molecule has 0 aromatic carbocycles. The summed E-state index contributed by atoms with van der Waals surface area (Å²) in [6.07, 6.45) is 3.60. The van der Waals surface area contributed by atoms with Gasteiger partial charge in [-0.1, -0.05) is 6.58 Å². The van der Waals surface area contributed by atoms with Gasteiger partial charge in [0.1, 0.15) is 11.3 Å². The molecule has 0 bridgehead atoms. The zero-order valence-corrected chi connectivity index (χ0v) is 10.8. The molecule has 3 N–H and O–H groups in total.